The molecule has 0 aromatic heterocycles. The van der Waals surface area contributed by atoms with Crippen molar-refractivity contribution < 1.29 is 23.0 Å². The zero-order valence-electron chi connectivity index (χ0n) is 9.25. The van der Waals surface area contributed by atoms with E-state index in [0.29, 0.717) is 0 Å². The monoisotopic (exact) mass is 275 g/mol. The fourth-order valence-electron chi connectivity index (χ4n) is 1.37. The molecule has 0 heterocycles. The summed E-state index contributed by atoms with van der Waals surface area (Å²) < 4.78 is 33.2. The molecule has 96 valence electrons. The molecule has 4 nitrogen and oxygen atoms in total. The lowest BCUT2D eigenvalue weighted by Crippen LogP contribution is -2.12. The fourth-order valence-corrected chi connectivity index (χ4v) is 1.58. The van der Waals surface area contributed by atoms with Gasteiger partial charge in [0, 0.05) is 5.88 Å². The maximum Gasteiger partial charge on any atom is 0.387 e. The topological polar surface area (TPSA) is 59.3 Å². The van der Waals surface area contributed by atoms with E-state index in [-0.39, 0.29) is 22.6 Å². The molecule has 0 aliphatic heterocycles. The van der Waals surface area contributed by atoms with E-state index >= 15 is 0 Å². The van der Waals surface area contributed by atoms with Crippen LogP contribution >= 0.6 is 11.6 Å². The lowest BCUT2D eigenvalue weighted by Gasteiger charge is -2.12. The number of esters is 1. The lowest BCUT2D eigenvalue weighted by molar-refractivity contribution is -0.0504. The van der Waals surface area contributed by atoms with Gasteiger partial charge in [0.2, 0.25) is 0 Å². The van der Waals surface area contributed by atoms with Crippen molar-refractivity contribution in [2.75, 3.05) is 7.11 Å². The summed E-state index contributed by atoms with van der Waals surface area (Å²) in [7, 11) is 1.10. The number of hydrogen-bond acceptors (Lipinski definition) is 4. The predicted octanol–water partition coefficient (Wildman–Crippen LogP) is 2.69. The fraction of sp³-hybridized carbons (Fsp3) is 0.273. The molecule has 0 fully saturated rings. The van der Waals surface area contributed by atoms with Crippen LogP contribution in [-0.4, -0.2) is 19.7 Å². The standard InChI is InChI=1S/C11H8ClF2NO3/c1-17-10(16)9-7(4-12)2-6(5-15)3-8(9)18-11(13)14/h2-3,11H,4H2,1H3. The number of rotatable bonds is 4. The molecule has 1 rings (SSSR count). The van der Waals surface area contributed by atoms with Gasteiger partial charge in [-0.3, -0.25) is 0 Å². The number of ether oxygens (including phenoxy) is 2. The Morgan fingerprint density at radius 3 is 2.67 bits per heavy atom. The Morgan fingerprint density at radius 2 is 2.22 bits per heavy atom. The third-order valence-electron chi connectivity index (χ3n) is 2.06. The minimum absolute atomic E-state index is 0.0638. The molecule has 0 aliphatic rings. The minimum Gasteiger partial charge on any atom is -0.465 e. The third-order valence-corrected chi connectivity index (χ3v) is 2.35. The number of benzene rings is 1. The quantitative estimate of drug-likeness (QED) is 0.626. The first-order chi connectivity index (χ1) is 8.53. The van der Waals surface area contributed by atoms with Gasteiger partial charge in [0.25, 0.3) is 0 Å². The number of halogens is 3. The van der Waals surface area contributed by atoms with Crippen LogP contribution in [0, 0.1) is 11.3 Å². The SMILES string of the molecule is COC(=O)c1c(CCl)cc(C#N)cc1OC(F)F. The highest BCUT2D eigenvalue weighted by Gasteiger charge is 2.21. The van der Waals surface area contributed by atoms with Gasteiger partial charge in [-0.1, -0.05) is 0 Å². The summed E-state index contributed by atoms with van der Waals surface area (Å²) in [5.74, 6) is -1.42. The van der Waals surface area contributed by atoms with Crippen molar-refractivity contribution in [3.8, 4) is 11.8 Å². The van der Waals surface area contributed by atoms with Crippen LogP contribution in [0.2, 0.25) is 0 Å². The first-order valence-electron chi connectivity index (χ1n) is 4.69. The van der Waals surface area contributed by atoms with Gasteiger partial charge in [0.05, 0.1) is 18.7 Å². The predicted molar refractivity (Wildman–Crippen MR) is 58.7 cm³/mol. The number of methoxy groups -OCH3 is 1. The number of carbonyl (C=O) groups is 1. The maximum absolute atomic E-state index is 12.2. The summed E-state index contributed by atoms with van der Waals surface area (Å²) in [6.07, 6.45) is 0. The third kappa shape index (κ3) is 3.08. The van der Waals surface area contributed by atoms with Crippen LogP contribution in [0.25, 0.3) is 0 Å². The Balaban J connectivity index is 3.42. The van der Waals surface area contributed by atoms with Gasteiger partial charge in [-0.15, -0.1) is 11.6 Å². The number of alkyl halides is 3. The molecule has 0 spiro atoms. The average Bonchev–Trinajstić information content (AvgIpc) is 2.36. The summed E-state index contributed by atoms with van der Waals surface area (Å²) in [5.41, 5.74) is 0.0546. The summed E-state index contributed by atoms with van der Waals surface area (Å²) in [5, 5.41) is 8.75. The molecule has 0 radical (unpaired) electrons. The maximum atomic E-state index is 12.2. The van der Waals surface area contributed by atoms with Crippen molar-refractivity contribution in [2.45, 2.75) is 12.5 Å². The normalized spacial score (nSPS) is 10.0. The van der Waals surface area contributed by atoms with Crippen LogP contribution in [0.4, 0.5) is 8.78 Å². The molecule has 1 aromatic carbocycles. The van der Waals surface area contributed by atoms with Crippen LogP contribution in [0.3, 0.4) is 0 Å². The van der Waals surface area contributed by atoms with Crippen LogP contribution in [0.1, 0.15) is 21.5 Å². The van der Waals surface area contributed by atoms with Crippen molar-refractivity contribution in [1.29, 1.82) is 5.26 Å². The Bertz CT molecular complexity index is 500. The molecule has 0 saturated carbocycles. The smallest absolute Gasteiger partial charge is 0.387 e. The molecular formula is C11H8ClF2NO3. The highest BCUT2D eigenvalue weighted by Crippen LogP contribution is 2.28. The van der Waals surface area contributed by atoms with Gasteiger partial charge >= 0.3 is 12.6 Å². The molecule has 7 heteroatoms. The number of hydrogen-bond donors (Lipinski definition) is 0. The molecular weight excluding hydrogens is 268 g/mol. The van der Waals surface area contributed by atoms with E-state index in [1.807, 2.05) is 0 Å². The first kappa shape index (κ1) is 14.2. The number of carbonyl (C=O) groups excluding carboxylic acids is 1. The average molecular weight is 276 g/mol. The second kappa shape index (κ2) is 6.17. The summed E-state index contributed by atoms with van der Waals surface area (Å²) in [4.78, 5) is 11.5. The van der Waals surface area contributed by atoms with E-state index in [1.54, 1.807) is 6.07 Å². The Hall–Kier alpha value is -1.87. The van der Waals surface area contributed by atoms with Crippen molar-refractivity contribution in [2.24, 2.45) is 0 Å². The molecule has 1 aromatic rings. The summed E-state index contributed by atoms with van der Waals surface area (Å²) in [6.45, 7) is -3.12. The van der Waals surface area contributed by atoms with Gasteiger partial charge in [0.1, 0.15) is 11.3 Å². The lowest BCUT2D eigenvalue weighted by atomic mass is 10.0. The Morgan fingerprint density at radius 1 is 1.56 bits per heavy atom. The van der Waals surface area contributed by atoms with E-state index in [2.05, 4.69) is 9.47 Å². The summed E-state index contributed by atoms with van der Waals surface area (Å²) in [6, 6.07) is 4.12. The van der Waals surface area contributed by atoms with E-state index in [1.165, 1.54) is 6.07 Å². The zero-order chi connectivity index (χ0) is 13.7. The Labute approximate surface area is 107 Å². The van der Waals surface area contributed by atoms with Gasteiger partial charge in [-0.05, 0) is 17.7 Å². The summed E-state index contributed by atoms with van der Waals surface area (Å²) >= 11 is 5.61. The van der Waals surface area contributed by atoms with Crippen molar-refractivity contribution in [1.82, 2.24) is 0 Å². The number of nitriles is 1. The van der Waals surface area contributed by atoms with E-state index < -0.39 is 18.3 Å². The first-order valence-corrected chi connectivity index (χ1v) is 5.23. The van der Waals surface area contributed by atoms with Gasteiger partial charge < -0.3 is 9.47 Å². The molecule has 0 aliphatic carbocycles. The van der Waals surface area contributed by atoms with Crippen LogP contribution < -0.4 is 4.74 Å². The Kier molecular flexibility index (Phi) is 4.86. The van der Waals surface area contributed by atoms with E-state index in [9.17, 15) is 13.6 Å². The molecule has 0 atom stereocenters. The second-order valence-corrected chi connectivity index (χ2v) is 3.39. The highest BCUT2D eigenvalue weighted by atomic mass is 35.5. The van der Waals surface area contributed by atoms with Crippen molar-refractivity contribution in [3.63, 3.8) is 0 Å². The molecule has 0 bridgehead atoms. The van der Waals surface area contributed by atoms with Crippen molar-refractivity contribution >= 4 is 17.6 Å². The molecule has 0 saturated heterocycles. The molecule has 0 unspecified atom stereocenters. The van der Waals surface area contributed by atoms with Crippen LogP contribution in [-0.2, 0) is 10.6 Å². The minimum atomic E-state index is -3.12. The van der Waals surface area contributed by atoms with E-state index in [4.69, 9.17) is 16.9 Å². The van der Waals surface area contributed by atoms with Crippen LogP contribution in [0.15, 0.2) is 12.1 Å². The second-order valence-electron chi connectivity index (χ2n) is 3.12. The van der Waals surface area contributed by atoms with Gasteiger partial charge in [0.15, 0.2) is 0 Å². The van der Waals surface area contributed by atoms with Gasteiger partial charge in [-0.25, -0.2) is 4.79 Å². The molecule has 18 heavy (non-hydrogen) atoms. The number of nitrogens with zero attached hydrogens (tertiary/aromatic N) is 1. The van der Waals surface area contributed by atoms with E-state index in [0.717, 1.165) is 13.2 Å². The van der Waals surface area contributed by atoms with Crippen molar-refractivity contribution in [3.05, 3.63) is 28.8 Å². The zero-order valence-corrected chi connectivity index (χ0v) is 10.0. The van der Waals surface area contributed by atoms with Gasteiger partial charge in [-0.2, -0.15) is 14.0 Å². The largest absolute Gasteiger partial charge is 0.465 e. The highest BCUT2D eigenvalue weighted by molar-refractivity contribution is 6.17. The molecule has 0 N–H and O–H groups in total. The van der Waals surface area contributed by atoms with Crippen LogP contribution in [0.5, 0.6) is 5.75 Å². The molecule has 0 amide bonds.